The Morgan fingerprint density at radius 2 is 1.92 bits per heavy atom. The Balaban J connectivity index is 2.67. The second-order valence-electron chi connectivity index (χ2n) is 2.44. The molecular weight excluding hydrogens is 166 g/mol. The van der Waals surface area contributed by atoms with E-state index in [4.69, 9.17) is 4.43 Å². The van der Waals surface area contributed by atoms with Crippen molar-refractivity contribution >= 4 is 21.4 Å². The molecular formula is C9H6NOSi. The molecule has 0 amide bonds. The predicted molar refractivity (Wildman–Crippen MR) is 48.1 cm³/mol. The van der Waals surface area contributed by atoms with E-state index in [1.165, 1.54) is 0 Å². The van der Waals surface area contributed by atoms with E-state index in [9.17, 15) is 0 Å². The van der Waals surface area contributed by atoms with Gasteiger partial charge in [-0.15, -0.1) is 0 Å². The van der Waals surface area contributed by atoms with Crippen LogP contribution in [0, 0.1) is 0 Å². The van der Waals surface area contributed by atoms with Crippen molar-refractivity contribution in [2.75, 3.05) is 0 Å². The van der Waals surface area contributed by atoms with Gasteiger partial charge in [-0.3, -0.25) is 0 Å². The molecule has 0 aliphatic rings. The predicted octanol–water partition coefficient (Wildman–Crippen LogP) is 1.70. The van der Waals surface area contributed by atoms with E-state index < -0.39 is 0 Å². The normalized spacial score (nSPS) is 10.1. The largest absolute Gasteiger partial charge is 0.528 e. The van der Waals surface area contributed by atoms with E-state index in [1.807, 2.05) is 36.4 Å². The maximum atomic E-state index is 4.82. The molecule has 12 heavy (non-hydrogen) atoms. The molecule has 0 unspecified atom stereocenters. The molecule has 57 valence electrons. The lowest BCUT2D eigenvalue weighted by Crippen LogP contribution is -1.88. The first-order chi connectivity index (χ1) is 5.90. The second-order valence-corrected chi connectivity index (χ2v) is 2.65. The molecule has 2 nitrogen and oxygen atoms in total. The highest BCUT2D eigenvalue weighted by atomic mass is 28.2. The summed E-state index contributed by atoms with van der Waals surface area (Å²) < 4.78 is 4.82. The Morgan fingerprint density at radius 1 is 1.08 bits per heavy atom. The number of para-hydroxylation sites is 1. The fraction of sp³-hybridized carbons (Fsp3) is 0. The number of nitrogens with zero attached hydrogens (tertiary/aromatic N) is 1. The standard InChI is InChI=1S/C9H6NOSi/c12-11-9-6-5-7-3-1-2-4-8(7)10-9/h1-6H. The fourth-order valence-electron chi connectivity index (χ4n) is 1.10. The van der Waals surface area contributed by atoms with Gasteiger partial charge in [0.05, 0.1) is 5.52 Å². The molecule has 0 bridgehead atoms. The molecule has 0 spiro atoms. The highest BCUT2D eigenvalue weighted by Crippen LogP contribution is 2.14. The van der Waals surface area contributed by atoms with Gasteiger partial charge in [0, 0.05) is 5.39 Å². The van der Waals surface area contributed by atoms with Crippen molar-refractivity contribution in [3.8, 4) is 5.88 Å². The lowest BCUT2D eigenvalue weighted by atomic mass is 10.2. The van der Waals surface area contributed by atoms with E-state index in [0.29, 0.717) is 5.88 Å². The Kier molecular flexibility index (Phi) is 1.79. The number of hydrogen-bond acceptors (Lipinski definition) is 2. The van der Waals surface area contributed by atoms with E-state index in [0.717, 1.165) is 10.9 Å². The third kappa shape index (κ3) is 1.19. The summed E-state index contributed by atoms with van der Waals surface area (Å²) in [6.45, 7) is 0. The fourth-order valence-corrected chi connectivity index (χ4v) is 1.22. The van der Waals surface area contributed by atoms with E-state index in [-0.39, 0.29) is 0 Å². The first kappa shape index (κ1) is 7.30. The van der Waals surface area contributed by atoms with Crippen LogP contribution in [0.4, 0.5) is 0 Å². The SMILES string of the molecule is [Si]Oc1ccc2ccccc2n1. The van der Waals surface area contributed by atoms with E-state index in [2.05, 4.69) is 15.5 Å². The molecule has 2 aromatic rings. The van der Waals surface area contributed by atoms with Crippen LogP contribution in [0.3, 0.4) is 0 Å². The van der Waals surface area contributed by atoms with Crippen LogP contribution in [0.15, 0.2) is 36.4 Å². The summed E-state index contributed by atoms with van der Waals surface area (Å²) in [4.78, 5) is 4.22. The molecule has 0 atom stereocenters. The molecule has 0 saturated heterocycles. The first-order valence-corrected chi connectivity index (χ1v) is 4.00. The van der Waals surface area contributed by atoms with Crippen LogP contribution in [0.25, 0.3) is 10.9 Å². The van der Waals surface area contributed by atoms with E-state index >= 15 is 0 Å². The average molecular weight is 172 g/mol. The quantitative estimate of drug-likeness (QED) is 0.611. The average Bonchev–Trinajstić information content (AvgIpc) is 2.17. The number of hydrogen-bond donors (Lipinski definition) is 0. The van der Waals surface area contributed by atoms with Crippen molar-refractivity contribution < 1.29 is 4.43 Å². The van der Waals surface area contributed by atoms with Crippen molar-refractivity contribution in [3.63, 3.8) is 0 Å². The Labute approximate surface area is 73.7 Å². The molecule has 0 fully saturated rings. The van der Waals surface area contributed by atoms with Crippen LogP contribution in [-0.4, -0.2) is 15.5 Å². The van der Waals surface area contributed by atoms with Crippen molar-refractivity contribution in [2.45, 2.75) is 0 Å². The third-order valence-electron chi connectivity index (χ3n) is 1.68. The minimum atomic E-state index is 0.574. The zero-order valence-electron chi connectivity index (χ0n) is 6.32. The third-order valence-corrected chi connectivity index (χ3v) is 1.89. The maximum absolute atomic E-state index is 4.82. The summed E-state index contributed by atoms with van der Waals surface area (Å²) in [5, 5.41) is 1.12. The van der Waals surface area contributed by atoms with Gasteiger partial charge in [0.1, 0.15) is 0 Å². The van der Waals surface area contributed by atoms with Crippen molar-refractivity contribution in [3.05, 3.63) is 36.4 Å². The molecule has 1 heterocycles. The molecule has 1 aromatic carbocycles. The molecule has 1 aromatic heterocycles. The first-order valence-electron chi connectivity index (χ1n) is 3.59. The van der Waals surface area contributed by atoms with Gasteiger partial charge >= 0.3 is 10.5 Å². The van der Waals surface area contributed by atoms with Gasteiger partial charge in [0.25, 0.3) is 0 Å². The van der Waals surface area contributed by atoms with Crippen LogP contribution >= 0.6 is 0 Å². The number of fused-ring (bicyclic) bond motifs is 1. The summed E-state index contributed by atoms with van der Waals surface area (Å²) in [6.07, 6.45) is 0. The van der Waals surface area contributed by atoms with Gasteiger partial charge in [-0.25, -0.2) is 4.98 Å². The molecule has 0 saturated carbocycles. The lowest BCUT2D eigenvalue weighted by molar-refractivity contribution is 0.591. The van der Waals surface area contributed by atoms with Gasteiger partial charge in [-0.1, -0.05) is 18.2 Å². The summed E-state index contributed by atoms with van der Waals surface area (Å²) in [7, 11) is 2.93. The minimum absolute atomic E-state index is 0.574. The topological polar surface area (TPSA) is 22.1 Å². The summed E-state index contributed by atoms with van der Waals surface area (Å²) >= 11 is 0. The van der Waals surface area contributed by atoms with Gasteiger partial charge in [-0.05, 0) is 18.2 Å². The maximum Gasteiger partial charge on any atom is 0.343 e. The molecule has 2 rings (SSSR count). The minimum Gasteiger partial charge on any atom is -0.528 e. The Bertz CT molecular complexity index is 402. The molecule has 3 radical (unpaired) electrons. The van der Waals surface area contributed by atoms with Gasteiger partial charge in [-0.2, -0.15) is 0 Å². The smallest absolute Gasteiger partial charge is 0.343 e. The molecule has 0 aliphatic heterocycles. The zero-order valence-corrected chi connectivity index (χ0v) is 7.32. The van der Waals surface area contributed by atoms with Gasteiger partial charge in [0.2, 0.25) is 0 Å². The summed E-state index contributed by atoms with van der Waals surface area (Å²) in [6, 6.07) is 11.7. The van der Waals surface area contributed by atoms with Crippen molar-refractivity contribution in [2.24, 2.45) is 0 Å². The highest BCUT2D eigenvalue weighted by Gasteiger charge is 1.94. The molecule has 0 N–H and O–H groups in total. The highest BCUT2D eigenvalue weighted by molar-refractivity contribution is 5.99. The summed E-state index contributed by atoms with van der Waals surface area (Å²) in [5.41, 5.74) is 0.938. The summed E-state index contributed by atoms with van der Waals surface area (Å²) in [5.74, 6) is 0.574. The van der Waals surface area contributed by atoms with Crippen LogP contribution < -0.4 is 4.43 Å². The molecule has 0 aliphatic carbocycles. The van der Waals surface area contributed by atoms with Crippen LogP contribution in [-0.2, 0) is 0 Å². The second kappa shape index (κ2) is 2.95. The lowest BCUT2D eigenvalue weighted by Gasteiger charge is -1.99. The van der Waals surface area contributed by atoms with E-state index in [1.54, 1.807) is 0 Å². The zero-order chi connectivity index (χ0) is 8.39. The van der Waals surface area contributed by atoms with Crippen LogP contribution in [0.1, 0.15) is 0 Å². The van der Waals surface area contributed by atoms with Gasteiger partial charge in [0.15, 0.2) is 5.88 Å². The van der Waals surface area contributed by atoms with Crippen LogP contribution in [0.5, 0.6) is 5.88 Å². The molecule has 3 heteroatoms. The number of pyridine rings is 1. The number of aromatic nitrogens is 1. The van der Waals surface area contributed by atoms with Gasteiger partial charge < -0.3 is 4.43 Å². The van der Waals surface area contributed by atoms with Crippen molar-refractivity contribution in [1.82, 2.24) is 4.98 Å². The Hall–Kier alpha value is -1.35. The Morgan fingerprint density at radius 3 is 2.75 bits per heavy atom. The number of rotatable bonds is 1. The monoisotopic (exact) mass is 172 g/mol. The van der Waals surface area contributed by atoms with Crippen molar-refractivity contribution in [1.29, 1.82) is 0 Å². The van der Waals surface area contributed by atoms with Crippen LogP contribution in [0.2, 0.25) is 0 Å². The number of benzene rings is 1.